The van der Waals surface area contributed by atoms with Crippen LogP contribution in [-0.4, -0.2) is 56.9 Å². The van der Waals surface area contributed by atoms with Crippen LogP contribution in [0, 0.1) is 0 Å². The van der Waals surface area contributed by atoms with Gasteiger partial charge < -0.3 is 37.9 Å². The van der Waals surface area contributed by atoms with E-state index in [1.807, 2.05) is 97.1 Å². The first-order valence-corrected chi connectivity index (χ1v) is 23.4. The van der Waals surface area contributed by atoms with Gasteiger partial charge in [-0.05, 0) is 187 Å². The lowest BCUT2D eigenvalue weighted by molar-refractivity contribution is 0.414. The maximum absolute atomic E-state index is 5.83. The molecule has 362 valence electrons. The van der Waals surface area contributed by atoms with E-state index in [0.29, 0.717) is 0 Å². The number of rotatable bonds is 19. The van der Waals surface area contributed by atoms with Crippen molar-refractivity contribution < 1.29 is 37.9 Å². The normalized spacial score (nSPS) is 12.2. The van der Waals surface area contributed by atoms with Gasteiger partial charge in [-0.1, -0.05) is 97.1 Å². The Morgan fingerprint density at radius 1 is 0.208 bits per heavy atom. The maximum Gasteiger partial charge on any atom is 0.118 e. The zero-order chi connectivity index (χ0) is 50.4. The molecule has 0 fully saturated rings. The molecule has 0 bridgehead atoms. The van der Waals surface area contributed by atoms with E-state index in [1.54, 1.807) is 56.9 Å². The number of allylic oxidation sites excluding steroid dienone is 6. The monoisotopic (exact) mass is 954 g/mol. The van der Waals surface area contributed by atoms with Crippen LogP contribution in [0.15, 0.2) is 194 Å². The van der Waals surface area contributed by atoms with E-state index in [1.165, 1.54) is 0 Å². The maximum atomic E-state index is 5.83. The molecule has 0 aliphatic heterocycles. The minimum Gasteiger partial charge on any atom is -0.497 e. The van der Waals surface area contributed by atoms with E-state index in [-0.39, 0.29) is 0 Å². The molecule has 8 nitrogen and oxygen atoms in total. The van der Waals surface area contributed by atoms with Gasteiger partial charge in [0.25, 0.3) is 0 Å². The predicted molar refractivity (Wildman–Crippen MR) is 293 cm³/mol. The highest BCUT2D eigenvalue weighted by Gasteiger charge is 2.28. The van der Waals surface area contributed by atoms with E-state index in [0.717, 1.165) is 124 Å². The minimum absolute atomic E-state index is 0.719. The van der Waals surface area contributed by atoms with Crippen LogP contribution in [0.4, 0.5) is 0 Å². The summed E-state index contributed by atoms with van der Waals surface area (Å²) >= 11 is 0. The molecule has 0 N–H and O–H groups in total. The molecule has 0 heterocycles. The summed E-state index contributed by atoms with van der Waals surface area (Å²) in [6, 6.07) is 65.7. The van der Waals surface area contributed by atoms with Gasteiger partial charge >= 0.3 is 0 Å². The number of ether oxygens (including phenoxy) is 8. The van der Waals surface area contributed by atoms with Gasteiger partial charge in [-0.3, -0.25) is 0 Å². The molecule has 0 aliphatic rings. The third kappa shape index (κ3) is 11.4. The summed E-state index contributed by atoms with van der Waals surface area (Å²) in [4.78, 5) is 0. The Hall–Kier alpha value is -8.88. The van der Waals surface area contributed by atoms with Crippen LogP contribution >= 0.6 is 0 Å². The smallest absolute Gasteiger partial charge is 0.118 e. The van der Waals surface area contributed by atoms with Crippen LogP contribution in [-0.2, 0) is 0 Å². The fourth-order valence-corrected chi connectivity index (χ4v) is 8.60. The quantitative estimate of drug-likeness (QED) is 0.0586. The van der Waals surface area contributed by atoms with E-state index in [4.69, 9.17) is 37.9 Å². The highest BCUT2D eigenvalue weighted by Crippen LogP contribution is 2.51. The zero-order valence-electron chi connectivity index (χ0n) is 41.9. The Kier molecular flexibility index (Phi) is 16.3. The van der Waals surface area contributed by atoms with Crippen LogP contribution < -0.4 is 37.9 Å². The summed E-state index contributed by atoms with van der Waals surface area (Å²) in [5.41, 5.74) is 13.1. The van der Waals surface area contributed by atoms with Gasteiger partial charge in [-0.15, -0.1) is 0 Å². The second-order valence-electron chi connectivity index (χ2n) is 16.5. The highest BCUT2D eigenvalue weighted by atomic mass is 16.5. The van der Waals surface area contributed by atoms with Crippen LogP contribution in [0.2, 0.25) is 0 Å². The van der Waals surface area contributed by atoms with Gasteiger partial charge in [0, 0.05) is 0 Å². The molecule has 0 saturated carbocycles. The number of methoxy groups -OCH3 is 8. The lowest BCUT2D eigenvalue weighted by atomic mass is 9.76. The fraction of sp³-hybridized carbons (Fsp3) is 0.125. The van der Waals surface area contributed by atoms with Gasteiger partial charge in [0.2, 0.25) is 0 Å². The fourth-order valence-electron chi connectivity index (χ4n) is 8.60. The van der Waals surface area contributed by atoms with Gasteiger partial charge in [0.15, 0.2) is 0 Å². The highest BCUT2D eigenvalue weighted by molar-refractivity contribution is 6.35. The molecule has 0 unspecified atom stereocenters. The lowest BCUT2D eigenvalue weighted by Gasteiger charge is -2.27. The molecular weight excluding hydrogens is 897 g/mol. The number of benzene rings is 8. The molecule has 8 aromatic carbocycles. The summed E-state index contributed by atoms with van der Waals surface area (Å²) < 4.78 is 46.0. The van der Waals surface area contributed by atoms with Crippen LogP contribution in [0.25, 0.3) is 45.6 Å². The van der Waals surface area contributed by atoms with Crippen molar-refractivity contribution >= 4 is 45.6 Å². The van der Waals surface area contributed by atoms with Crippen molar-refractivity contribution in [3.63, 3.8) is 0 Å². The first-order chi connectivity index (χ1) is 35.3. The topological polar surface area (TPSA) is 73.8 Å². The van der Waals surface area contributed by atoms with Gasteiger partial charge in [0.05, 0.1) is 56.9 Å². The molecule has 0 atom stereocenters. The van der Waals surface area contributed by atoms with Crippen molar-refractivity contribution in [3.05, 3.63) is 239 Å². The Labute approximate surface area is 423 Å². The number of hydrogen-bond donors (Lipinski definition) is 0. The third-order valence-electron chi connectivity index (χ3n) is 12.5. The Morgan fingerprint density at radius 3 is 0.569 bits per heavy atom. The minimum atomic E-state index is 0.719. The molecule has 0 aromatic heterocycles. The molecule has 8 heteroatoms. The van der Waals surface area contributed by atoms with Crippen molar-refractivity contribution in [2.45, 2.75) is 0 Å². The van der Waals surface area contributed by atoms with Crippen molar-refractivity contribution in [2.75, 3.05) is 56.9 Å². The van der Waals surface area contributed by atoms with E-state index in [2.05, 4.69) is 109 Å². The Morgan fingerprint density at radius 2 is 0.375 bits per heavy atom. The summed E-state index contributed by atoms with van der Waals surface area (Å²) in [5.74, 6) is 5.88. The van der Waals surface area contributed by atoms with Gasteiger partial charge in [-0.25, -0.2) is 0 Å². The van der Waals surface area contributed by atoms with Gasteiger partial charge in [-0.2, -0.15) is 0 Å². The standard InChI is InChI=1S/C64H58O8/c1-65-51-25-9-43(10-26-51)41-59(45-13-29-53(67-3)30-14-45)61(47-17-33-55(69-5)34-18-47)63(49-21-37-57(71-7)38-22-49)64(50-23-39-58(72-8)40-24-50)62(48-19-35-56(70-6)36-20-48)60(46-15-31-54(68-4)32-16-46)42-44-11-27-52(66-2)28-12-44/h9-42H,1-8H3/b59-41+,60-42+,63-61-,64-62+. The average molecular weight is 955 g/mol. The summed E-state index contributed by atoms with van der Waals surface area (Å²) in [6.45, 7) is 0. The molecule has 0 aliphatic carbocycles. The Bertz CT molecular complexity index is 2950. The third-order valence-corrected chi connectivity index (χ3v) is 12.5. The first kappa shape index (κ1) is 49.5. The van der Waals surface area contributed by atoms with Gasteiger partial charge in [0.1, 0.15) is 46.0 Å². The largest absolute Gasteiger partial charge is 0.497 e. The Balaban J connectivity index is 1.67. The van der Waals surface area contributed by atoms with Crippen LogP contribution in [0.5, 0.6) is 46.0 Å². The van der Waals surface area contributed by atoms with E-state index in [9.17, 15) is 0 Å². The molecule has 8 aromatic rings. The summed E-state index contributed by atoms with van der Waals surface area (Å²) in [6.07, 6.45) is 4.47. The van der Waals surface area contributed by atoms with Crippen LogP contribution in [0.3, 0.4) is 0 Å². The molecule has 0 radical (unpaired) electrons. The SMILES string of the molecule is COc1ccc(/C=C(/C(=C(\C(=C(\C(=C\c2ccc(OC)cc2)c2ccc(OC)cc2)c2ccc(OC)cc2)c2ccc(OC)cc2)c2ccc(OC)cc2)c2ccc(OC)cc2)c2ccc(OC)cc2)cc1. The van der Waals surface area contributed by atoms with Crippen molar-refractivity contribution in [2.24, 2.45) is 0 Å². The number of hydrogen-bond acceptors (Lipinski definition) is 8. The van der Waals surface area contributed by atoms with E-state index >= 15 is 0 Å². The molecule has 0 saturated heterocycles. The lowest BCUT2D eigenvalue weighted by Crippen LogP contribution is -2.05. The van der Waals surface area contributed by atoms with Crippen LogP contribution in [0.1, 0.15) is 44.5 Å². The molecule has 72 heavy (non-hydrogen) atoms. The molecular formula is C64H58O8. The van der Waals surface area contributed by atoms with Crippen molar-refractivity contribution in [1.29, 1.82) is 0 Å². The van der Waals surface area contributed by atoms with E-state index < -0.39 is 0 Å². The summed E-state index contributed by atoms with van der Waals surface area (Å²) in [5, 5.41) is 0. The molecule has 8 rings (SSSR count). The second-order valence-corrected chi connectivity index (χ2v) is 16.5. The zero-order valence-corrected chi connectivity index (χ0v) is 41.9. The average Bonchev–Trinajstić information content (AvgIpc) is 3.45. The predicted octanol–water partition coefficient (Wildman–Crippen LogP) is 14.8. The molecule has 0 spiro atoms. The summed E-state index contributed by atoms with van der Waals surface area (Å²) in [7, 11) is 13.4. The van der Waals surface area contributed by atoms with Crippen molar-refractivity contribution in [3.8, 4) is 46.0 Å². The molecule has 0 amide bonds. The first-order valence-electron chi connectivity index (χ1n) is 23.4. The second kappa shape index (κ2) is 23.6. The van der Waals surface area contributed by atoms with Crippen molar-refractivity contribution in [1.82, 2.24) is 0 Å².